The standard InChI is InChI=1S/C24H28O4/c25-21-13-11-19-15-17(8-10-20(19)16-21)7-9-18-12-14-23(26)22(18)5-3-1-2-4-6-24(27)28/h7-11,13,15-16,18,22,25H,1-6,12,14H2,(H,27,28)/t18-,22+/m1/s1. The number of phenolic OH excluding ortho intramolecular Hbond substituents is 1. The van der Waals surface area contributed by atoms with Gasteiger partial charge in [-0.1, -0.05) is 49.6 Å². The highest BCUT2D eigenvalue weighted by Gasteiger charge is 2.32. The topological polar surface area (TPSA) is 74.6 Å². The second-order valence-corrected chi connectivity index (χ2v) is 7.77. The molecular formula is C24H28O4. The van der Waals surface area contributed by atoms with Gasteiger partial charge in [-0.2, -0.15) is 0 Å². The average molecular weight is 380 g/mol. The number of aliphatic carboxylic acids is 1. The van der Waals surface area contributed by atoms with E-state index in [1.807, 2.05) is 18.2 Å². The van der Waals surface area contributed by atoms with Gasteiger partial charge < -0.3 is 10.2 Å². The third-order valence-electron chi connectivity index (χ3n) is 5.69. The van der Waals surface area contributed by atoms with Crippen molar-refractivity contribution < 1.29 is 19.8 Å². The molecule has 0 aromatic heterocycles. The normalized spacial score (nSPS) is 19.6. The van der Waals surface area contributed by atoms with Crippen LogP contribution in [0.3, 0.4) is 0 Å². The van der Waals surface area contributed by atoms with Crippen LogP contribution < -0.4 is 0 Å². The van der Waals surface area contributed by atoms with Crippen LogP contribution in [-0.4, -0.2) is 22.0 Å². The van der Waals surface area contributed by atoms with Crippen molar-refractivity contribution in [2.24, 2.45) is 11.8 Å². The minimum Gasteiger partial charge on any atom is -0.508 e. The summed E-state index contributed by atoms with van der Waals surface area (Å²) in [5, 5.41) is 20.3. The number of hydrogen-bond acceptors (Lipinski definition) is 3. The molecule has 0 amide bonds. The molecule has 4 nitrogen and oxygen atoms in total. The van der Waals surface area contributed by atoms with Crippen LogP contribution in [0.2, 0.25) is 0 Å². The Balaban J connectivity index is 1.55. The molecule has 28 heavy (non-hydrogen) atoms. The van der Waals surface area contributed by atoms with Crippen LogP contribution >= 0.6 is 0 Å². The number of carboxylic acids is 1. The number of carbonyl (C=O) groups is 2. The first kappa shape index (κ1) is 20.1. The van der Waals surface area contributed by atoms with E-state index in [1.54, 1.807) is 12.1 Å². The summed E-state index contributed by atoms with van der Waals surface area (Å²) in [6.07, 6.45) is 10.6. The molecule has 0 saturated heterocycles. The Kier molecular flexibility index (Phi) is 6.85. The van der Waals surface area contributed by atoms with Gasteiger partial charge in [-0.05, 0) is 59.7 Å². The van der Waals surface area contributed by atoms with Gasteiger partial charge >= 0.3 is 5.97 Å². The largest absolute Gasteiger partial charge is 0.508 e. The molecule has 0 unspecified atom stereocenters. The number of Topliss-reactive ketones (excluding diaryl/α,β-unsaturated/α-hetero) is 1. The number of phenols is 1. The molecule has 0 heterocycles. The molecule has 1 aliphatic rings. The van der Waals surface area contributed by atoms with Crippen molar-refractivity contribution in [2.45, 2.75) is 51.4 Å². The van der Waals surface area contributed by atoms with Gasteiger partial charge in [-0.3, -0.25) is 9.59 Å². The maximum atomic E-state index is 12.3. The molecule has 4 heteroatoms. The van der Waals surface area contributed by atoms with E-state index in [0.717, 1.165) is 54.9 Å². The summed E-state index contributed by atoms with van der Waals surface area (Å²) in [6.45, 7) is 0. The van der Waals surface area contributed by atoms with Gasteiger partial charge in [0.05, 0.1) is 0 Å². The fourth-order valence-corrected chi connectivity index (χ4v) is 4.12. The van der Waals surface area contributed by atoms with E-state index in [0.29, 0.717) is 18.1 Å². The van der Waals surface area contributed by atoms with Gasteiger partial charge in [-0.15, -0.1) is 0 Å². The predicted molar refractivity (Wildman–Crippen MR) is 111 cm³/mol. The van der Waals surface area contributed by atoms with Gasteiger partial charge in [0.2, 0.25) is 0 Å². The Morgan fingerprint density at radius 1 is 1.04 bits per heavy atom. The molecule has 0 radical (unpaired) electrons. The number of unbranched alkanes of at least 4 members (excludes halogenated alkanes) is 3. The second kappa shape index (κ2) is 9.54. The van der Waals surface area contributed by atoms with Crippen molar-refractivity contribution in [3.05, 3.63) is 48.0 Å². The monoisotopic (exact) mass is 380 g/mol. The molecule has 0 bridgehead atoms. The molecule has 2 aromatic rings. The summed E-state index contributed by atoms with van der Waals surface area (Å²) >= 11 is 0. The summed E-state index contributed by atoms with van der Waals surface area (Å²) in [5.41, 5.74) is 1.10. The fraction of sp³-hybridized carbons (Fsp3) is 0.417. The molecule has 0 spiro atoms. The van der Waals surface area contributed by atoms with E-state index in [9.17, 15) is 14.7 Å². The van der Waals surface area contributed by atoms with Gasteiger partial charge in [-0.25, -0.2) is 0 Å². The maximum absolute atomic E-state index is 12.3. The van der Waals surface area contributed by atoms with E-state index in [1.165, 1.54) is 0 Å². The van der Waals surface area contributed by atoms with E-state index < -0.39 is 5.97 Å². The second-order valence-electron chi connectivity index (χ2n) is 7.77. The summed E-state index contributed by atoms with van der Waals surface area (Å²) in [4.78, 5) is 22.8. The van der Waals surface area contributed by atoms with E-state index >= 15 is 0 Å². The van der Waals surface area contributed by atoms with Gasteiger partial charge in [0, 0.05) is 18.8 Å². The minimum absolute atomic E-state index is 0.105. The molecule has 0 aliphatic heterocycles. The highest BCUT2D eigenvalue weighted by atomic mass is 16.4. The number of ketones is 1. The van der Waals surface area contributed by atoms with Crippen molar-refractivity contribution >= 4 is 28.6 Å². The summed E-state index contributed by atoms with van der Waals surface area (Å²) in [7, 11) is 0. The SMILES string of the molecule is O=C(O)CCCCCC[C@@H]1C(=O)CC[C@H]1C=Cc1ccc2cc(O)ccc2c1. The van der Waals surface area contributed by atoms with Crippen LogP contribution in [0.4, 0.5) is 0 Å². The predicted octanol–water partition coefficient (Wildman–Crippen LogP) is 5.58. The number of carbonyl (C=O) groups excluding carboxylic acids is 1. The van der Waals surface area contributed by atoms with Crippen LogP contribution in [0.25, 0.3) is 16.8 Å². The summed E-state index contributed by atoms with van der Waals surface area (Å²) in [6, 6.07) is 11.5. The van der Waals surface area contributed by atoms with Crippen molar-refractivity contribution in [3.8, 4) is 5.75 Å². The number of hydrogen-bond donors (Lipinski definition) is 2. The molecular weight excluding hydrogens is 352 g/mol. The van der Waals surface area contributed by atoms with Crippen LogP contribution in [-0.2, 0) is 9.59 Å². The number of allylic oxidation sites excluding steroid dienone is 1. The Hall–Kier alpha value is -2.62. The lowest BCUT2D eigenvalue weighted by atomic mass is 9.89. The van der Waals surface area contributed by atoms with Crippen LogP contribution in [0.5, 0.6) is 5.75 Å². The van der Waals surface area contributed by atoms with Crippen molar-refractivity contribution in [1.82, 2.24) is 0 Å². The Morgan fingerprint density at radius 2 is 1.79 bits per heavy atom. The fourth-order valence-electron chi connectivity index (χ4n) is 4.12. The van der Waals surface area contributed by atoms with Gasteiger partial charge in [0.25, 0.3) is 0 Å². The third-order valence-corrected chi connectivity index (χ3v) is 5.69. The molecule has 148 valence electrons. The molecule has 3 rings (SSSR count). The van der Waals surface area contributed by atoms with Crippen LogP contribution in [0, 0.1) is 11.8 Å². The lowest BCUT2D eigenvalue weighted by Gasteiger charge is -2.15. The molecule has 1 saturated carbocycles. The summed E-state index contributed by atoms with van der Waals surface area (Å²) in [5.74, 6) is 0.303. The number of aromatic hydroxyl groups is 1. The minimum atomic E-state index is -0.735. The first-order valence-electron chi connectivity index (χ1n) is 10.2. The van der Waals surface area contributed by atoms with E-state index in [2.05, 4.69) is 18.2 Å². The number of benzene rings is 2. The molecule has 1 fully saturated rings. The van der Waals surface area contributed by atoms with Crippen LogP contribution in [0.15, 0.2) is 42.5 Å². The van der Waals surface area contributed by atoms with Crippen LogP contribution in [0.1, 0.15) is 56.9 Å². The molecule has 2 aromatic carbocycles. The number of fused-ring (bicyclic) bond motifs is 1. The Labute approximate surface area is 165 Å². The first-order chi connectivity index (χ1) is 13.5. The highest BCUT2D eigenvalue weighted by Crippen LogP contribution is 2.34. The number of carboxylic acid groups (broad SMARTS) is 1. The highest BCUT2D eigenvalue weighted by molar-refractivity contribution is 5.86. The molecule has 2 atom stereocenters. The average Bonchev–Trinajstić information content (AvgIpc) is 3.02. The van der Waals surface area contributed by atoms with Crippen molar-refractivity contribution in [3.63, 3.8) is 0 Å². The van der Waals surface area contributed by atoms with E-state index in [4.69, 9.17) is 5.11 Å². The van der Waals surface area contributed by atoms with Crippen molar-refractivity contribution in [1.29, 1.82) is 0 Å². The smallest absolute Gasteiger partial charge is 0.303 e. The zero-order valence-electron chi connectivity index (χ0n) is 16.1. The Morgan fingerprint density at radius 3 is 2.61 bits per heavy atom. The first-order valence-corrected chi connectivity index (χ1v) is 10.2. The lowest BCUT2D eigenvalue weighted by Crippen LogP contribution is -2.13. The quantitative estimate of drug-likeness (QED) is 0.557. The lowest BCUT2D eigenvalue weighted by molar-refractivity contribution is -0.137. The van der Waals surface area contributed by atoms with Crippen molar-refractivity contribution in [2.75, 3.05) is 0 Å². The zero-order chi connectivity index (χ0) is 19.9. The number of rotatable bonds is 9. The Bertz CT molecular complexity index is 868. The van der Waals surface area contributed by atoms with Gasteiger partial charge in [0.15, 0.2) is 0 Å². The maximum Gasteiger partial charge on any atom is 0.303 e. The third kappa shape index (κ3) is 5.44. The molecule has 1 aliphatic carbocycles. The van der Waals surface area contributed by atoms with E-state index in [-0.39, 0.29) is 18.1 Å². The van der Waals surface area contributed by atoms with Gasteiger partial charge in [0.1, 0.15) is 11.5 Å². The molecule has 2 N–H and O–H groups in total. The zero-order valence-corrected chi connectivity index (χ0v) is 16.1. The summed E-state index contributed by atoms with van der Waals surface area (Å²) < 4.78 is 0.